The van der Waals surface area contributed by atoms with Crippen LogP contribution in [0.2, 0.25) is 0 Å². The number of imidazole rings is 1. The Morgan fingerprint density at radius 1 is 1.37 bits per heavy atom. The Balaban J connectivity index is 1.77. The van der Waals surface area contributed by atoms with E-state index in [9.17, 15) is 0 Å². The SMILES string of the molecule is Cc1ccc(OCc2cn3ccsc3n2)c(CN)n1. The number of ether oxygens (including phenoxy) is 1. The summed E-state index contributed by atoms with van der Waals surface area (Å²) in [5, 5.41) is 2.00. The van der Waals surface area contributed by atoms with Gasteiger partial charge in [0.25, 0.3) is 0 Å². The summed E-state index contributed by atoms with van der Waals surface area (Å²) in [6.45, 7) is 2.73. The van der Waals surface area contributed by atoms with Crippen LogP contribution < -0.4 is 10.5 Å². The van der Waals surface area contributed by atoms with Crippen molar-refractivity contribution in [3.8, 4) is 5.75 Å². The molecule has 6 heteroatoms. The van der Waals surface area contributed by atoms with Crippen LogP contribution in [0.4, 0.5) is 0 Å². The summed E-state index contributed by atoms with van der Waals surface area (Å²) in [6, 6.07) is 3.82. The first-order valence-corrected chi connectivity index (χ1v) is 6.84. The van der Waals surface area contributed by atoms with Crippen molar-refractivity contribution in [3.05, 3.63) is 47.0 Å². The Hall–Kier alpha value is -1.92. The summed E-state index contributed by atoms with van der Waals surface area (Å²) >= 11 is 1.60. The number of nitrogens with zero attached hydrogens (tertiary/aromatic N) is 3. The molecule has 0 radical (unpaired) electrons. The summed E-state index contributed by atoms with van der Waals surface area (Å²) in [5.41, 5.74) is 8.29. The third-order valence-corrected chi connectivity index (χ3v) is 3.55. The van der Waals surface area contributed by atoms with Gasteiger partial charge in [-0.05, 0) is 19.1 Å². The molecule has 0 saturated carbocycles. The molecule has 3 heterocycles. The Labute approximate surface area is 114 Å². The Bertz CT molecular complexity index is 675. The molecular weight excluding hydrogens is 260 g/mol. The van der Waals surface area contributed by atoms with Gasteiger partial charge in [-0.1, -0.05) is 0 Å². The van der Waals surface area contributed by atoms with Crippen molar-refractivity contribution in [2.24, 2.45) is 5.73 Å². The van der Waals surface area contributed by atoms with Gasteiger partial charge in [-0.15, -0.1) is 11.3 Å². The normalized spacial score (nSPS) is 11.1. The van der Waals surface area contributed by atoms with E-state index < -0.39 is 0 Å². The molecule has 0 amide bonds. The van der Waals surface area contributed by atoms with Crippen LogP contribution in [0.25, 0.3) is 4.96 Å². The van der Waals surface area contributed by atoms with Crippen molar-refractivity contribution in [1.29, 1.82) is 0 Å². The third kappa shape index (κ3) is 2.45. The van der Waals surface area contributed by atoms with Gasteiger partial charge >= 0.3 is 0 Å². The lowest BCUT2D eigenvalue weighted by Crippen LogP contribution is -2.06. The van der Waals surface area contributed by atoms with Crippen LogP contribution in [0.5, 0.6) is 5.75 Å². The second kappa shape index (κ2) is 4.99. The van der Waals surface area contributed by atoms with Gasteiger partial charge in [0.2, 0.25) is 0 Å². The Morgan fingerprint density at radius 2 is 2.26 bits per heavy atom. The van der Waals surface area contributed by atoms with Crippen molar-refractivity contribution >= 4 is 16.3 Å². The number of aromatic nitrogens is 3. The first-order valence-electron chi connectivity index (χ1n) is 5.97. The Morgan fingerprint density at radius 3 is 3.05 bits per heavy atom. The summed E-state index contributed by atoms with van der Waals surface area (Å²) in [6.07, 6.45) is 3.95. The van der Waals surface area contributed by atoms with E-state index in [0.29, 0.717) is 13.2 Å². The van der Waals surface area contributed by atoms with Crippen LogP contribution in [0.3, 0.4) is 0 Å². The minimum absolute atomic E-state index is 0.370. The summed E-state index contributed by atoms with van der Waals surface area (Å²) in [4.78, 5) is 9.80. The first kappa shape index (κ1) is 12.1. The molecule has 0 unspecified atom stereocenters. The number of thiazole rings is 1. The number of pyridine rings is 1. The molecule has 19 heavy (non-hydrogen) atoms. The molecule has 0 fully saturated rings. The van der Waals surface area contributed by atoms with E-state index in [1.807, 2.05) is 41.2 Å². The molecule has 3 aromatic rings. The zero-order valence-electron chi connectivity index (χ0n) is 10.5. The number of fused-ring (bicyclic) bond motifs is 1. The molecule has 0 spiro atoms. The minimum atomic E-state index is 0.370. The van der Waals surface area contributed by atoms with Crippen molar-refractivity contribution in [1.82, 2.24) is 14.4 Å². The third-order valence-electron chi connectivity index (χ3n) is 2.78. The molecule has 0 atom stereocenters. The van der Waals surface area contributed by atoms with Crippen LogP contribution in [0.15, 0.2) is 29.9 Å². The molecule has 3 rings (SSSR count). The van der Waals surface area contributed by atoms with Gasteiger partial charge in [-0.2, -0.15) is 0 Å². The quantitative estimate of drug-likeness (QED) is 0.791. The zero-order valence-corrected chi connectivity index (χ0v) is 11.4. The molecule has 0 aliphatic rings. The van der Waals surface area contributed by atoms with E-state index in [1.54, 1.807) is 11.3 Å². The van der Waals surface area contributed by atoms with E-state index in [2.05, 4.69) is 9.97 Å². The van der Waals surface area contributed by atoms with Gasteiger partial charge in [-0.3, -0.25) is 9.38 Å². The maximum absolute atomic E-state index is 5.75. The molecule has 3 aromatic heterocycles. The highest BCUT2D eigenvalue weighted by Gasteiger charge is 2.07. The van der Waals surface area contributed by atoms with Gasteiger partial charge in [-0.25, -0.2) is 4.98 Å². The molecule has 0 aromatic carbocycles. The fraction of sp³-hybridized carbons (Fsp3) is 0.231. The maximum atomic E-state index is 5.75. The molecule has 5 nitrogen and oxygen atoms in total. The summed E-state index contributed by atoms with van der Waals surface area (Å²) < 4.78 is 7.74. The minimum Gasteiger partial charge on any atom is -0.485 e. The average molecular weight is 274 g/mol. The van der Waals surface area contributed by atoms with E-state index in [-0.39, 0.29) is 0 Å². The number of hydrogen-bond acceptors (Lipinski definition) is 5. The molecule has 0 saturated heterocycles. The summed E-state index contributed by atoms with van der Waals surface area (Å²) in [7, 11) is 0. The molecule has 98 valence electrons. The molecule has 0 bridgehead atoms. The van der Waals surface area contributed by atoms with Crippen LogP contribution in [-0.4, -0.2) is 14.4 Å². The number of aryl methyl sites for hydroxylation is 1. The highest BCUT2D eigenvalue weighted by Crippen LogP contribution is 2.18. The number of nitrogens with two attached hydrogens (primary N) is 1. The van der Waals surface area contributed by atoms with Crippen LogP contribution in [-0.2, 0) is 13.2 Å². The average Bonchev–Trinajstić information content (AvgIpc) is 2.97. The predicted molar refractivity (Wildman–Crippen MR) is 74.3 cm³/mol. The van der Waals surface area contributed by atoms with Gasteiger partial charge in [0.05, 0.1) is 11.4 Å². The Kier molecular flexibility index (Phi) is 3.18. The monoisotopic (exact) mass is 274 g/mol. The first-order chi connectivity index (χ1) is 9.26. The lowest BCUT2D eigenvalue weighted by atomic mass is 10.3. The smallest absolute Gasteiger partial charge is 0.193 e. The van der Waals surface area contributed by atoms with Crippen molar-refractivity contribution in [2.75, 3.05) is 0 Å². The molecule has 0 aliphatic carbocycles. The van der Waals surface area contributed by atoms with E-state index in [4.69, 9.17) is 10.5 Å². The maximum Gasteiger partial charge on any atom is 0.193 e. The lowest BCUT2D eigenvalue weighted by Gasteiger charge is -2.08. The largest absolute Gasteiger partial charge is 0.485 e. The number of rotatable bonds is 4. The highest BCUT2D eigenvalue weighted by atomic mass is 32.1. The zero-order chi connectivity index (χ0) is 13.2. The van der Waals surface area contributed by atoms with E-state index in [0.717, 1.165) is 27.8 Å². The van der Waals surface area contributed by atoms with Gasteiger partial charge in [0.1, 0.15) is 12.4 Å². The van der Waals surface area contributed by atoms with Gasteiger partial charge < -0.3 is 10.5 Å². The fourth-order valence-corrected chi connectivity index (χ4v) is 2.59. The number of hydrogen-bond donors (Lipinski definition) is 1. The molecule has 2 N–H and O–H groups in total. The van der Waals surface area contributed by atoms with Gasteiger partial charge in [0.15, 0.2) is 4.96 Å². The second-order valence-corrected chi connectivity index (χ2v) is 5.09. The topological polar surface area (TPSA) is 65.4 Å². The second-order valence-electron chi connectivity index (χ2n) is 4.22. The van der Waals surface area contributed by atoms with Crippen molar-refractivity contribution < 1.29 is 4.74 Å². The van der Waals surface area contributed by atoms with Crippen molar-refractivity contribution in [2.45, 2.75) is 20.1 Å². The van der Waals surface area contributed by atoms with E-state index in [1.165, 1.54) is 0 Å². The lowest BCUT2D eigenvalue weighted by molar-refractivity contribution is 0.297. The summed E-state index contributed by atoms with van der Waals surface area (Å²) in [5.74, 6) is 0.726. The molecule has 0 aliphatic heterocycles. The predicted octanol–water partition coefficient (Wildman–Crippen LogP) is 2.14. The molecular formula is C13H14N4OS. The van der Waals surface area contributed by atoms with Crippen LogP contribution in [0.1, 0.15) is 17.1 Å². The van der Waals surface area contributed by atoms with Crippen LogP contribution in [0, 0.1) is 6.92 Å². The van der Waals surface area contributed by atoms with Crippen LogP contribution >= 0.6 is 11.3 Å². The fourth-order valence-electron chi connectivity index (χ4n) is 1.87. The van der Waals surface area contributed by atoms with Crippen molar-refractivity contribution in [3.63, 3.8) is 0 Å². The van der Waals surface area contributed by atoms with E-state index >= 15 is 0 Å². The van der Waals surface area contributed by atoms with Gasteiger partial charge in [0, 0.05) is 30.0 Å². The highest BCUT2D eigenvalue weighted by molar-refractivity contribution is 7.15. The standard InChI is InChI=1S/C13H14N4OS/c1-9-2-3-12(11(6-14)15-9)18-8-10-7-17-4-5-19-13(17)16-10/h2-5,7H,6,8,14H2,1H3.